The van der Waals surface area contributed by atoms with Crippen molar-refractivity contribution in [3.05, 3.63) is 34.9 Å². The first-order valence-electron chi connectivity index (χ1n) is 5.93. The molecule has 0 aliphatic rings. The highest BCUT2D eigenvalue weighted by molar-refractivity contribution is 5.35. The van der Waals surface area contributed by atoms with Crippen LogP contribution in [0.1, 0.15) is 50.3 Å². The van der Waals surface area contributed by atoms with Gasteiger partial charge in [-0.3, -0.25) is 0 Å². The van der Waals surface area contributed by atoms with Gasteiger partial charge in [0.1, 0.15) is 0 Å². The van der Waals surface area contributed by atoms with E-state index in [4.69, 9.17) is 0 Å². The SMILES string of the molecule is CCCc1cccc(CC)c1CCC. The van der Waals surface area contributed by atoms with Crippen LogP contribution in [0.3, 0.4) is 0 Å². The molecule has 1 rings (SSSR count). The summed E-state index contributed by atoms with van der Waals surface area (Å²) in [5.41, 5.74) is 4.76. The van der Waals surface area contributed by atoms with Gasteiger partial charge in [0, 0.05) is 0 Å². The first-order chi connectivity index (χ1) is 6.83. The maximum absolute atomic E-state index is 2.30. The standard InChI is InChI=1S/C14H22/c1-4-8-13-11-7-10-12(6-3)14(13)9-5-2/h7,10-11H,4-6,8-9H2,1-3H3. The smallest absolute Gasteiger partial charge is 0.0276 e. The van der Waals surface area contributed by atoms with Gasteiger partial charge in [0.05, 0.1) is 0 Å². The highest BCUT2D eigenvalue weighted by Gasteiger charge is 2.04. The minimum absolute atomic E-state index is 1.17. The second-order valence-corrected chi connectivity index (χ2v) is 3.91. The zero-order chi connectivity index (χ0) is 10.4. The van der Waals surface area contributed by atoms with Crippen LogP contribution < -0.4 is 0 Å². The van der Waals surface area contributed by atoms with Crippen LogP contribution in [-0.2, 0) is 19.3 Å². The molecule has 14 heavy (non-hydrogen) atoms. The minimum Gasteiger partial charge on any atom is -0.0651 e. The van der Waals surface area contributed by atoms with Crippen LogP contribution in [0.15, 0.2) is 18.2 Å². The van der Waals surface area contributed by atoms with Gasteiger partial charge in [0.2, 0.25) is 0 Å². The van der Waals surface area contributed by atoms with E-state index in [1.165, 1.54) is 32.1 Å². The van der Waals surface area contributed by atoms with Crippen molar-refractivity contribution in [2.75, 3.05) is 0 Å². The molecule has 0 bridgehead atoms. The van der Waals surface area contributed by atoms with Crippen molar-refractivity contribution in [2.45, 2.75) is 52.9 Å². The number of hydrogen-bond donors (Lipinski definition) is 0. The van der Waals surface area contributed by atoms with Crippen molar-refractivity contribution in [2.24, 2.45) is 0 Å². The fraction of sp³-hybridized carbons (Fsp3) is 0.571. The Morgan fingerprint density at radius 1 is 0.857 bits per heavy atom. The van der Waals surface area contributed by atoms with E-state index >= 15 is 0 Å². The summed E-state index contributed by atoms with van der Waals surface area (Å²) < 4.78 is 0. The van der Waals surface area contributed by atoms with Crippen LogP contribution in [0.2, 0.25) is 0 Å². The van der Waals surface area contributed by atoms with Crippen molar-refractivity contribution >= 4 is 0 Å². The second-order valence-electron chi connectivity index (χ2n) is 3.91. The van der Waals surface area contributed by atoms with Crippen LogP contribution in [0.5, 0.6) is 0 Å². The van der Waals surface area contributed by atoms with Crippen molar-refractivity contribution in [1.82, 2.24) is 0 Å². The predicted molar refractivity (Wildman–Crippen MR) is 63.8 cm³/mol. The lowest BCUT2D eigenvalue weighted by atomic mass is 9.93. The summed E-state index contributed by atoms with van der Waals surface area (Å²) in [6, 6.07) is 6.79. The molecule has 0 fully saturated rings. The molecule has 0 heterocycles. The van der Waals surface area contributed by atoms with Crippen LogP contribution in [0, 0.1) is 0 Å². The van der Waals surface area contributed by atoms with Crippen molar-refractivity contribution in [3.63, 3.8) is 0 Å². The Labute approximate surface area is 88.4 Å². The topological polar surface area (TPSA) is 0 Å². The highest BCUT2D eigenvalue weighted by atomic mass is 14.1. The lowest BCUT2D eigenvalue weighted by Crippen LogP contribution is -1.99. The predicted octanol–water partition coefficient (Wildman–Crippen LogP) is 4.15. The largest absolute Gasteiger partial charge is 0.0651 e. The highest BCUT2D eigenvalue weighted by Crippen LogP contribution is 2.19. The van der Waals surface area contributed by atoms with Gasteiger partial charge in [-0.25, -0.2) is 0 Å². The van der Waals surface area contributed by atoms with E-state index in [2.05, 4.69) is 39.0 Å². The normalized spacial score (nSPS) is 10.5. The molecule has 0 atom stereocenters. The Hall–Kier alpha value is -0.780. The van der Waals surface area contributed by atoms with Crippen LogP contribution >= 0.6 is 0 Å². The van der Waals surface area contributed by atoms with E-state index in [0.29, 0.717) is 0 Å². The molecule has 0 N–H and O–H groups in total. The van der Waals surface area contributed by atoms with Gasteiger partial charge >= 0.3 is 0 Å². The average Bonchev–Trinajstić information content (AvgIpc) is 2.21. The van der Waals surface area contributed by atoms with E-state index < -0.39 is 0 Å². The number of benzene rings is 1. The maximum atomic E-state index is 2.30. The molecule has 0 unspecified atom stereocenters. The fourth-order valence-electron chi connectivity index (χ4n) is 2.09. The Morgan fingerprint density at radius 2 is 1.50 bits per heavy atom. The third-order valence-electron chi connectivity index (χ3n) is 2.77. The molecule has 0 aliphatic heterocycles. The van der Waals surface area contributed by atoms with E-state index in [1.807, 2.05) is 0 Å². The van der Waals surface area contributed by atoms with Gasteiger partial charge < -0.3 is 0 Å². The third-order valence-corrected chi connectivity index (χ3v) is 2.77. The summed E-state index contributed by atoms with van der Waals surface area (Å²) in [5.74, 6) is 0. The zero-order valence-electron chi connectivity index (χ0n) is 9.77. The number of rotatable bonds is 5. The third kappa shape index (κ3) is 2.60. The number of aryl methyl sites for hydroxylation is 2. The monoisotopic (exact) mass is 190 g/mol. The van der Waals surface area contributed by atoms with Gasteiger partial charge in [0.25, 0.3) is 0 Å². The van der Waals surface area contributed by atoms with Crippen LogP contribution in [-0.4, -0.2) is 0 Å². The van der Waals surface area contributed by atoms with E-state index in [-0.39, 0.29) is 0 Å². The van der Waals surface area contributed by atoms with Gasteiger partial charge in [0.15, 0.2) is 0 Å². The van der Waals surface area contributed by atoms with Crippen LogP contribution in [0.4, 0.5) is 0 Å². The van der Waals surface area contributed by atoms with Crippen molar-refractivity contribution in [1.29, 1.82) is 0 Å². The Morgan fingerprint density at radius 3 is 2.07 bits per heavy atom. The molecule has 0 radical (unpaired) electrons. The van der Waals surface area contributed by atoms with E-state index in [0.717, 1.165) is 0 Å². The molecule has 0 amide bonds. The van der Waals surface area contributed by atoms with E-state index in [9.17, 15) is 0 Å². The molecule has 0 spiro atoms. The summed E-state index contributed by atoms with van der Waals surface area (Å²) in [5, 5.41) is 0. The van der Waals surface area contributed by atoms with Crippen molar-refractivity contribution in [3.8, 4) is 0 Å². The molecule has 78 valence electrons. The summed E-state index contributed by atoms with van der Waals surface area (Å²) >= 11 is 0. The fourth-order valence-corrected chi connectivity index (χ4v) is 2.09. The second kappa shape index (κ2) is 5.85. The molecule has 0 saturated carbocycles. The number of hydrogen-bond acceptors (Lipinski definition) is 0. The Balaban J connectivity index is 3.00. The van der Waals surface area contributed by atoms with Crippen molar-refractivity contribution < 1.29 is 0 Å². The Kier molecular flexibility index (Phi) is 4.72. The molecule has 1 aromatic carbocycles. The average molecular weight is 190 g/mol. The van der Waals surface area contributed by atoms with Crippen LogP contribution in [0.25, 0.3) is 0 Å². The summed E-state index contributed by atoms with van der Waals surface area (Å²) in [6.45, 7) is 6.78. The molecule has 0 aliphatic carbocycles. The lowest BCUT2D eigenvalue weighted by Gasteiger charge is -2.12. The molecule has 1 aromatic rings. The molecule has 0 aromatic heterocycles. The first-order valence-corrected chi connectivity index (χ1v) is 5.93. The van der Waals surface area contributed by atoms with Gasteiger partial charge in [-0.15, -0.1) is 0 Å². The first kappa shape index (κ1) is 11.3. The van der Waals surface area contributed by atoms with Gasteiger partial charge in [-0.05, 0) is 36.0 Å². The summed E-state index contributed by atoms with van der Waals surface area (Å²) in [4.78, 5) is 0. The minimum atomic E-state index is 1.17. The van der Waals surface area contributed by atoms with Gasteiger partial charge in [-0.1, -0.05) is 51.8 Å². The molecule has 0 nitrogen and oxygen atoms in total. The molecule has 0 heteroatoms. The molecular weight excluding hydrogens is 168 g/mol. The Bertz CT molecular complexity index is 273. The lowest BCUT2D eigenvalue weighted by molar-refractivity contribution is 0.845. The molecule has 0 saturated heterocycles. The molecular formula is C14H22. The summed E-state index contributed by atoms with van der Waals surface area (Å²) in [6.07, 6.45) is 6.17. The van der Waals surface area contributed by atoms with Gasteiger partial charge in [-0.2, -0.15) is 0 Å². The maximum Gasteiger partial charge on any atom is -0.0276 e. The van der Waals surface area contributed by atoms with E-state index in [1.54, 1.807) is 16.7 Å². The summed E-state index contributed by atoms with van der Waals surface area (Å²) in [7, 11) is 0. The quantitative estimate of drug-likeness (QED) is 0.654. The zero-order valence-corrected chi connectivity index (χ0v) is 9.77.